The highest BCUT2D eigenvalue weighted by Gasteiger charge is 2.16. The average molecular weight is 293 g/mol. The second-order valence-corrected chi connectivity index (χ2v) is 5.42. The maximum atomic E-state index is 12.0. The van der Waals surface area contributed by atoms with Gasteiger partial charge in [-0.25, -0.2) is 0 Å². The summed E-state index contributed by atoms with van der Waals surface area (Å²) in [5, 5.41) is 11.6. The number of esters is 1. The molecule has 1 amide bonds. The third-order valence-electron chi connectivity index (χ3n) is 3.04. The summed E-state index contributed by atoms with van der Waals surface area (Å²) in [6.45, 7) is 5.87. The van der Waals surface area contributed by atoms with Crippen LogP contribution in [-0.4, -0.2) is 30.1 Å². The summed E-state index contributed by atoms with van der Waals surface area (Å²) >= 11 is 0. The first-order valence-electron chi connectivity index (χ1n) is 7.07. The van der Waals surface area contributed by atoms with Crippen molar-refractivity contribution in [3.05, 3.63) is 35.4 Å². The molecule has 1 rings (SSSR count). The Morgan fingerprint density at radius 1 is 1.19 bits per heavy atom. The summed E-state index contributed by atoms with van der Waals surface area (Å²) < 4.78 is 4.99. The minimum Gasteiger partial charge on any atom is -0.464 e. The summed E-state index contributed by atoms with van der Waals surface area (Å²) in [5.41, 5.74) is 1.63. The number of rotatable bonds is 7. The molecule has 116 valence electrons. The largest absolute Gasteiger partial charge is 0.464 e. The maximum absolute atomic E-state index is 12.0. The molecule has 0 bridgehead atoms. The molecule has 2 N–H and O–H groups in total. The highest BCUT2D eigenvalue weighted by Crippen LogP contribution is 2.16. The lowest BCUT2D eigenvalue weighted by Gasteiger charge is -2.13. The van der Waals surface area contributed by atoms with Crippen LogP contribution in [0.3, 0.4) is 0 Å². The van der Waals surface area contributed by atoms with Gasteiger partial charge in [0.05, 0.1) is 19.1 Å². The summed E-state index contributed by atoms with van der Waals surface area (Å²) in [6, 6.07) is 7.14. The topological polar surface area (TPSA) is 75.6 Å². The van der Waals surface area contributed by atoms with E-state index in [-0.39, 0.29) is 30.9 Å². The number of ether oxygens (including phenoxy) is 1. The van der Waals surface area contributed by atoms with Gasteiger partial charge in [-0.2, -0.15) is 0 Å². The number of nitrogens with one attached hydrogen (secondary N) is 1. The first kappa shape index (κ1) is 17.2. The first-order valence-corrected chi connectivity index (χ1v) is 7.07. The SMILES string of the molecule is CC(C)COC(=O)CNC(=O)[C@@H](C)c1ccc(CO)cc1. The normalized spacial score (nSPS) is 12.0. The summed E-state index contributed by atoms with van der Waals surface area (Å²) in [4.78, 5) is 23.4. The zero-order valence-electron chi connectivity index (χ0n) is 12.8. The number of hydrogen-bond acceptors (Lipinski definition) is 4. The molecular formula is C16H23NO4. The van der Waals surface area contributed by atoms with Crippen LogP contribution in [0.2, 0.25) is 0 Å². The molecule has 5 nitrogen and oxygen atoms in total. The summed E-state index contributed by atoms with van der Waals surface area (Å²) in [6.07, 6.45) is 0. The Bertz CT molecular complexity index is 468. The monoisotopic (exact) mass is 293 g/mol. The van der Waals surface area contributed by atoms with Crippen LogP contribution in [-0.2, 0) is 20.9 Å². The standard InChI is InChI=1S/C16H23NO4/c1-11(2)10-21-15(19)8-17-16(20)12(3)14-6-4-13(9-18)5-7-14/h4-7,11-12,18H,8-10H2,1-3H3,(H,17,20)/t12-/m0/s1. The van der Waals surface area contributed by atoms with E-state index in [2.05, 4.69) is 5.32 Å². The Morgan fingerprint density at radius 2 is 1.81 bits per heavy atom. The Labute approximate surface area is 125 Å². The minimum absolute atomic E-state index is 0.0252. The van der Waals surface area contributed by atoms with Gasteiger partial charge in [-0.15, -0.1) is 0 Å². The number of hydrogen-bond donors (Lipinski definition) is 2. The van der Waals surface area contributed by atoms with Crippen molar-refractivity contribution in [1.82, 2.24) is 5.32 Å². The molecule has 0 fully saturated rings. The number of amides is 1. The predicted octanol–water partition coefficient (Wildman–Crippen LogP) is 1.60. The molecule has 5 heteroatoms. The van der Waals surface area contributed by atoms with Crippen molar-refractivity contribution in [1.29, 1.82) is 0 Å². The predicted molar refractivity (Wildman–Crippen MR) is 79.6 cm³/mol. The van der Waals surface area contributed by atoms with E-state index in [1.165, 1.54) is 0 Å². The molecule has 0 unspecified atom stereocenters. The zero-order valence-corrected chi connectivity index (χ0v) is 12.8. The number of aliphatic hydroxyl groups excluding tert-OH is 1. The minimum atomic E-state index is -0.431. The molecule has 0 heterocycles. The van der Waals surface area contributed by atoms with E-state index in [4.69, 9.17) is 9.84 Å². The van der Waals surface area contributed by atoms with Gasteiger partial charge in [0.1, 0.15) is 6.54 Å². The van der Waals surface area contributed by atoms with E-state index in [9.17, 15) is 9.59 Å². The highest BCUT2D eigenvalue weighted by atomic mass is 16.5. The third-order valence-corrected chi connectivity index (χ3v) is 3.04. The lowest BCUT2D eigenvalue weighted by molar-refractivity contribution is -0.145. The molecule has 1 atom stereocenters. The number of aliphatic hydroxyl groups is 1. The van der Waals surface area contributed by atoms with E-state index >= 15 is 0 Å². The molecule has 0 saturated heterocycles. The van der Waals surface area contributed by atoms with E-state index in [0.717, 1.165) is 11.1 Å². The van der Waals surface area contributed by atoms with Crippen LogP contribution < -0.4 is 5.32 Å². The second-order valence-electron chi connectivity index (χ2n) is 5.42. The van der Waals surface area contributed by atoms with E-state index in [1.807, 2.05) is 13.8 Å². The summed E-state index contributed by atoms with van der Waals surface area (Å²) in [5.74, 6) is -0.752. The number of carbonyl (C=O) groups excluding carboxylic acids is 2. The van der Waals surface area contributed by atoms with Gasteiger partial charge >= 0.3 is 5.97 Å². The molecule has 0 aromatic heterocycles. The van der Waals surface area contributed by atoms with Crippen LogP contribution in [0, 0.1) is 5.92 Å². The highest BCUT2D eigenvalue weighted by molar-refractivity contribution is 5.86. The van der Waals surface area contributed by atoms with Crippen molar-refractivity contribution in [3.8, 4) is 0 Å². The zero-order chi connectivity index (χ0) is 15.8. The van der Waals surface area contributed by atoms with Crippen LogP contribution in [0.15, 0.2) is 24.3 Å². The Morgan fingerprint density at radius 3 is 2.33 bits per heavy atom. The molecular weight excluding hydrogens is 270 g/mol. The van der Waals surface area contributed by atoms with Gasteiger partial charge in [-0.1, -0.05) is 38.1 Å². The van der Waals surface area contributed by atoms with E-state index < -0.39 is 5.97 Å². The Balaban J connectivity index is 2.45. The lowest BCUT2D eigenvalue weighted by atomic mass is 9.99. The van der Waals surface area contributed by atoms with Gasteiger partial charge in [-0.05, 0) is 24.0 Å². The van der Waals surface area contributed by atoms with Crippen molar-refractivity contribution in [2.24, 2.45) is 5.92 Å². The van der Waals surface area contributed by atoms with Crippen LogP contribution in [0.25, 0.3) is 0 Å². The van der Waals surface area contributed by atoms with Gasteiger partial charge in [-0.3, -0.25) is 9.59 Å². The number of carbonyl (C=O) groups is 2. The van der Waals surface area contributed by atoms with E-state index in [1.54, 1.807) is 31.2 Å². The molecule has 0 aliphatic rings. The number of benzene rings is 1. The second kappa shape index (κ2) is 8.42. The fourth-order valence-electron chi connectivity index (χ4n) is 1.69. The van der Waals surface area contributed by atoms with Crippen molar-refractivity contribution >= 4 is 11.9 Å². The molecule has 0 aliphatic carbocycles. The fraction of sp³-hybridized carbons (Fsp3) is 0.500. The van der Waals surface area contributed by atoms with Crippen LogP contribution >= 0.6 is 0 Å². The third kappa shape index (κ3) is 5.95. The smallest absolute Gasteiger partial charge is 0.325 e. The lowest BCUT2D eigenvalue weighted by Crippen LogP contribution is -2.34. The van der Waals surface area contributed by atoms with Crippen molar-refractivity contribution < 1.29 is 19.4 Å². The average Bonchev–Trinajstić information content (AvgIpc) is 2.49. The fourth-order valence-corrected chi connectivity index (χ4v) is 1.69. The van der Waals surface area contributed by atoms with Crippen molar-refractivity contribution in [3.63, 3.8) is 0 Å². The quantitative estimate of drug-likeness (QED) is 0.749. The van der Waals surface area contributed by atoms with Gasteiger partial charge < -0.3 is 15.2 Å². The maximum Gasteiger partial charge on any atom is 0.325 e. The molecule has 21 heavy (non-hydrogen) atoms. The van der Waals surface area contributed by atoms with Gasteiger partial charge in [0, 0.05) is 0 Å². The Kier molecular flexibility index (Phi) is 6.88. The van der Waals surface area contributed by atoms with Crippen LogP contribution in [0.4, 0.5) is 0 Å². The van der Waals surface area contributed by atoms with Crippen LogP contribution in [0.1, 0.15) is 37.8 Å². The van der Waals surface area contributed by atoms with Crippen molar-refractivity contribution in [2.45, 2.75) is 33.3 Å². The van der Waals surface area contributed by atoms with Crippen molar-refractivity contribution in [2.75, 3.05) is 13.2 Å². The molecule has 0 aliphatic heterocycles. The summed E-state index contributed by atoms with van der Waals surface area (Å²) in [7, 11) is 0. The molecule has 0 spiro atoms. The first-order chi connectivity index (χ1) is 9.93. The van der Waals surface area contributed by atoms with Crippen LogP contribution in [0.5, 0.6) is 0 Å². The van der Waals surface area contributed by atoms with Gasteiger partial charge in [0.2, 0.25) is 5.91 Å². The van der Waals surface area contributed by atoms with Gasteiger partial charge in [0.25, 0.3) is 0 Å². The van der Waals surface area contributed by atoms with Gasteiger partial charge in [0.15, 0.2) is 0 Å². The molecule has 1 aromatic rings. The molecule has 0 radical (unpaired) electrons. The molecule has 1 aromatic carbocycles. The Hall–Kier alpha value is -1.88. The molecule has 0 saturated carbocycles. The van der Waals surface area contributed by atoms with E-state index in [0.29, 0.717) is 6.61 Å².